The van der Waals surface area contributed by atoms with Crippen molar-refractivity contribution in [3.05, 3.63) is 47.8 Å². The number of hydrogen-bond acceptors (Lipinski definition) is 3. The molecule has 0 fully saturated rings. The van der Waals surface area contributed by atoms with E-state index < -0.39 is 0 Å². The van der Waals surface area contributed by atoms with E-state index in [0.29, 0.717) is 12.5 Å². The minimum absolute atomic E-state index is 0.0233. The van der Waals surface area contributed by atoms with Gasteiger partial charge in [0.05, 0.1) is 18.7 Å². The second-order valence-electron chi connectivity index (χ2n) is 5.76. The predicted octanol–water partition coefficient (Wildman–Crippen LogP) is 2.93. The van der Waals surface area contributed by atoms with Gasteiger partial charge in [-0.25, -0.2) is 0 Å². The molecule has 1 unspecified atom stereocenters. The Hall–Kier alpha value is -2.30. The smallest absolute Gasteiger partial charge is 0.224 e. The molecule has 0 saturated carbocycles. The first-order valence-electron chi connectivity index (χ1n) is 7.59. The van der Waals surface area contributed by atoms with Crippen LogP contribution in [-0.4, -0.2) is 22.7 Å². The molecule has 0 radical (unpaired) electrons. The van der Waals surface area contributed by atoms with Crippen molar-refractivity contribution >= 4 is 11.6 Å². The normalized spacial score (nSPS) is 12.2. The topological polar surface area (TPSA) is 59.0 Å². The molecule has 0 bridgehead atoms. The van der Waals surface area contributed by atoms with Gasteiger partial charge in [0.2, 0.25) is 5.91 Å². The molecule has 5 nitrogen and oxygen atoms in total. The molecule has 1 aromatic heterocycles. The minimum atomic E-state index is 0.0233. The monoisotopic (exact) mass is 300 g/mol. The highest BCUT2D eigenvalue weighted by molar-refractivity contribution is 5.78. The Morgan fingerprint density at radius 2 is 1.91 bits per heavy atom. The number of benzene rings is 1. The van der Waals surface area contributed by atoms with Gasteiger partial charge < -0.3 is 10.6 Å². The fraction of sp³-hybridized carbons (Fsp3) is 0.412. The van der Waals surface area contributed by atoms with E-state index in [2.05, 4.69) is 42.7 Å². The van der Waals surface area contributed by atoms with Crippen molar-refractivity contribution in [1.29, 1.82) is 0 Å². The standard InChI is InChI=1S/C17H24N4O/c1-12(2)21-11-15(10-19-21)13(3)20-16-7-5-14(6-8-16)9-17(22)18-4/h5-8,10-13,20H,9H2,1-4H3,(H,18,22). The first kappa shape index (κ1) is 16.1. The summed E-state index contributed by atoms with van der Waals surface area (Å²) in [5.74, 6) is 0.0233. The third-order valence-corrected chi connectivity index (χ3v) is 3.63. The van der Waals surface area contributed by atoms with Gasteiger partial charge in [0.25, 0.3) is 0 Å². The van der Waals surface area contributed by atoms with E-state index in [0.717, 1.165) is 16.8 Å². The van der Waals surface area contributed by atoms with Crippen molar-refractivity contribution in [3.8, 4) is 0 Å². The number of nitrogens with zero attached hydrogens (tertiary/aromatic N) is 2. The van der Waals surface area contributed by atoms with Crippen LogP contribution in [-0.2, 0) is 11.2 Å². The van der Waals surface area contributed by atoms with Crippen molar-refractivity contribution in [2.75, 3.05) is 12.4 Å². The summed E-state index contributed by atoms with van der Waals surface area (Å²) >= 11 is 0. The number of nitrogens with one attached hydrogen (secondary N) is 2. The van der Waals surface area contributed by atoms with Crippen LogP contribution in [0.3, 0.4) is 0 Å². The molecular weight excluding hydrogens is 276 g/mol. The van der Waals surface area contributed by atoms with E-state index in [1.165, 1.54) is 0 Å². The lowest BCUT2D eigenvalue weighted by atomic mass is 10.1. The number of hydrogen-bond donors (Lipinski definition) is 2. The lowest BCUT2D eigenvalue weighted by Gasteiger charge is -2.14. The Morgan fingerprint density at radius 1 is 1.23 bits per heavy atom. The van der Waals surface area contributed by atoms with Gasteiger partial charge in [-0.2, -0.15) is 5.10 Å². The van der Waals surface area contributed by atoms with Crippen LogP contribution in [0.5, 0.6) is 0 Å². The predicted molar refractivity (Wildman–Crippen MR) is 88.9 cm³/mol. The zero-order valence-corrected chi connectivity index (χ0v) is 13.6. The lowest BCUT2D eigenvalue weighted by Crippen LogP contribution is -2.19. The Labute approximate surface area is 131 Å². The molecule has 0 aliphatic carbocycles. The van der Waals surface area contributed by atoms with E-state index >= 15 is 0 Å². The third-order valence-electron chi connectivity index (χ3n) is 3.63. The fourth-order valence-electron chi connectivity index (χ4n) is 2.18. The summed E-state index contributed by atoms with van der Waals surface area (Å²) in [6.45, 7) is 6.33. The van der Waals surface area contributed by atoms with Crippen molar-refractivity contribution in [3.63, 3.8) is 0 Å². The Bertz CT molecular complexity index is 616. The van der Waals surface area contributed by atoms with E-state index in [1.54, 1.807) is 7.05 Å². The zero-order chi connectivity index (χ0) is 16.1. The number of anilines is 1. The SMILES string of the molecule is CNC(=O)Cc1ccc(NC(C)c2cnn(C(C)C)c2)cc1. The van der Waals surface area contributed by atoms with Gasteiger partial charge in [0, 0.05) is 30.5 Å². The van der Waals surface area contributed by atoms with Crippen LogP contribution in [0, 0.1) is 0 Å². The number of rotatable bonds is 6. The average molecular weight is 300 g/mol. The number of carbonyl (C=O) groups excluding carboxylic acids is 1. The van der Waals surface area contributed by atoms with E-state index in [9.17, 15) is 4.79 Å². The number of amides is 1. The molecular formula is C17H24N4O. The Kier molecular flexibility index (Phi) is 5.20. The molecule has 0 spiro atoms. The van der Waals surface area contributed by atoms with Crippen LogP contribution < -0.4 is 10.6 Å². The molecule has 1 aromatic carbocycles. The van der Waals surface area contributed by atoms with E-state index in [4.69, 9.17) is 0 Å². The van der Waals surface area contributed by atoms with Gasteiger partial charge in [-0.05, 0) is 38.5 Å². The molecule has 2 rings (SSSR count). The first-order chi connectivity index (χ1) is 10.5. The highest BCUT2D eigenvalue weighted by Gasteiger charge is 2.09. The molecule has 1 amide bonds. The van der Waals surface area contributed by atoms with Crippen molar-refractivity contribution in [2.45, 2.75) is 39.3 Å². The quantitative estimate of drug-likeness (QED) is 0.862. The molecule has 2 N–H and O–H groups in total. The summed E-state index contributed by atoms with van der Waals surface area (Å²) in [5.41, 5.74) is 3.19. The Balaban J connectivity index is 1.98. The summed E-state index contributed by atoms with van der Waals surface area (Å²) in [7, 11) is 1.65. The van der Waals surface area contributed by atoms with Gasteiger partial charge in [0.15, 0.2) is 0 Å². The van der Waals surface area contributed by atoms with Gasteiger partial charge >= 0.3 is 0 Å². The minimum Gasteiger partial charge on any atom is -0.378 e. The van der Waals surface area contributed by atoms with Crippen LogP contribution >= 0.6 is 0 Å². The van der Waals surface area contributed by atoms with Crippen molar-refractivity contribution in [2.24, 2.45) is 0 Å². The van der Waals surface area contributed by atoms with Gasteiger partial charge in [-0.1, -0.05) is 12.1 Å². The van der Waals surface area contributed by atoms with Crippen LogP contribution in [0.15, 0.2) is 36.7 Å². The summed E-state index contributed by atoms with van der Waals surface area (Å²) < 4.78 is 1.96. The maximum atomic E-state index is 11.4. The molecule has 0 aliphatic rings. The summed E-state index contributed by atoms with van der Waals surface area (Å²) in [4.78, 5) is 11.4. The third kappa shape index (κ3) is 4.10. The molecule has 118 valence electrons. The molecule has 5 heteroatoms. The second-order valence-corrected chi connectivity index (χ2v) is 5.76. The van der Waals surface area contributed by atoms with E-state index in [1.807, 2.05) is 35.1 Å². The summed E-state index contributed by atoms with van der Waals surface area (Å²) in [6, 6.07) is 8.50. The van der Waals surface area contributed by atoms with Crippen LogP contribution in [0.4, 0.5) is 5.69 Å². The van der Waals surface area contributed by atoms with Gasteiger partial charge in [0.1, 0.15) is 0 Å². The van der Waals surface area contributed by atoms with Gasteiger partial charge in [-0.3, -0.25) is 9.48 Å². The largest absolute Gasteiger partial charge is 0.378 e. The maximum Gasteiger partial charge on any atom is 0.224 e. The van der Waals surface area contributed by atoms with Crippen LogP contribution in [0.25, 0.3) is 0 Å². The van der Waals surface area contributed by atoms with Gasteiger partial charge in [-0.15, -0.1) is 0 Å². The number of aromatic nitrogens is 2. The number of carbonyl (C=O) groups is 1. The highest BCUT2D eigenvalue weighted by atomic mass is 16.1. The molecule has 1 heterocycles. The van der Waals surface area contributed by atoms with Crippen molar-refractivity contribution in [1.82, 2.24) is 15.1 Å². The highest BCUT2D eigenvalue weighted by Crippen LogP contribution is 2.20. The molecule has 0 aliphatic heterocycles. The zero-order valence-electron chi connectivity index (χ0n) is 13.6. The van der Waals surface area contributed by atoms with E-state index in [-0.39, 0.29) is 11.9 Å². The summed E-state index contributed by atoms with van der Waals surface area (Å²) in [6.07, 6.45) is 4.38. The number of likely N-dealkylation sites (N-methyl/N-ethyl adjacent to an activating group) is 1. The molecule has 1 atom stereocenters. The average Bonchev–Trinajstić information content (AvgIpc) is 2.99. The first-order valence-corrected chi connectivity index (χ1v) is 7.59. The molecule has 0 saturated heterocycles. The Morgan fingerprint density at radius 3 is 2.45 bits per heavy atom. The molecule has 2 aromatic rings. The lowest BCUT2D eigenvalue weighted by molar-refractivity contribution is -0.119. The molecule has 22 heavy (non-hydrogen) atoms. The second kappa shape index (κ2) is 7.11. The maximum absolute atomic E-state index is 11.4. The van der Waals surface area contributed by atoms with Crippen molar-refractivity contribution < 1.29 is 4.79 Å². The summed E-state index contributed by atoms with van der Waals surface area (Å²) in [5, 5.41) is 10.4. The van der Waals surface area contributed by atoms with Crippen LogP contribution in [0.2, 0.25) is 0 Å². The fourth-order valence-corrected chi connectivity index (χ4v) is 2.18. The van der Waals surface area contributed by atoms with Crippen LogP contribution in [0.1, 0.15) is 44.0 Å².